The first-order valence-corrected chi connectivity index (χ1v) is 6.61. The Bertz CT molecular complexity index is 238. The minimum atomic E-state index is -3.05. The molecule has 2 unspecified atom stereocenters. The summed E-state index contributed by atoms with van der Waals surface area (Å²) in [5.41, 5.74) is 5.62. The second-order valence-electron chi connectivity index (χ2n) is 3.59. The summed E-state index contributed by atoms with van der Waals surface area (Å²) >= 11 is 0. The molecule has 0 saturated heterocycles. The van der Waals surface area contributed by atoms with Gasteiger partial charge in [-0.05, 0) is 19.8 Å². The van der Waals surface area contributed by atoms with Gasteiger partial charge in [0.2, 0.25) is 0 Å². The highest BCUT2D eigenvalue weighted by atomic mass is 32.2. The van der Waals surface area contributed by atoms with Gasteiger partial charge in [-0.2, -0.15) is 0 Å². The molecule has 0 radical (unpaired) electrons. The van der Waals surface area contributed by atoms with Crippen LogP contribution < -0.4 is 5.73 Å². The van der Waals surface area contributed by atoms with Crippen LogP contribution in [0.3, 0.4) is 0 Å². The lowest BCUT2D eigenvalue weighted by atomic mass is 10.3. The maximum absolute atomic E-state index is 11.7. The molecule has 0 aliphatic heterocycles. The van der Waals surface area contributed by atoms with Crippen LogP contribution in [0.15, 0.2) is 0 Å². The normalized spacial score (nSPS) is 16.6. The maximum Gasteiger partial charge on any atom is 0.154 e. The molecule has 86 valence electrons. The molecule has 0 amide bonds. The SMILES string of the molecule is CCC(N)CS(=O)(=O)C(C)CCOC. The zero-order chi connectivity index (χ0) is 11.2. The Morgan fingerprint density at radius 2 is 2.00 bits per heavy atom. The van der Waals surface area contributed by atoms with Crippen molar-refractivity contribution in [2.24, 2.45) is 5.73 Å². The van der Waals surface area contributed by atoms with Gasteiger partial charge in [0.15, 0.2) is 9.84 Å². The largest absolute Gasteiger partial charge is 0.385 e. The molecule has 0 heterocycles. The first-order chi connectivity index (χ1) is 6.44. The van der Waals surface area contributed by atoms with Crippen molar-refractivity contribution in [3.05, 3.63) is 0 Å². The van der Waals surface area contributed by atoms with Crippen LogP contribution in [0.4, 0.5) is 0 Å². The average molecular weight is 223 g/mol. The molecule has 0 bridgehead atoms. The lowest BCUT2D eigenvalue weighted by Gasteiger charge is -2.15. The number of methoxy groups -OCH3 is 1. The Kier molecular flexibility index (Phi) is 6.31. The molecule has 0 saturated carbocycles. The predicted octanol–water partition coefficient (Wildman–Crippen LogP) is 0.563. The number of rotatable bonds is 7. The number of ether oxygens (including phenoxy) is 1. The van der Waals surface area contributed by atoms with Gasteiger partial charge in [-0.15, -0.1) is 0 Å². The van der Waals surface area contributed by atoms with Crippen LogP contribution in [0.2, 0.25) is 0 Å². The smallest absolute Gasteiger partial charge is 0.154 e. The summed E-state index contributed by atoms with van der Waals surface area (Å²) in [5.74, 6) is 0.0778. The zero-order valence-corrected chi connectivity index (χ0v) is 10.0. The minimum Gasteiger partial charge on any atom is -0.385 e. The third-order valence-corrected chi connectivity index (χ3v) is 4.67. The van der Waals surface area contributed by atoms with E-state index in [0.29, 0.717) is 19.4 Å². The highest BCUT2D eigenvalue weighted by Gasteiger charge is 2.22. The number of sulfone groups is 1. The Morgan fingerprint density at radius 1 is 1.43 bits per heavy atom. The molecule has 0 aromatic rings. The van der Waals surface area contributed by atoms with Crippen molar-refractivity contribution in [3.63, 3.8) is 0 Å². The first kappa shape index (κ1) is 13.9. The first-order valence-electron chi connectivity index (χ1n) is 4.90. The molecule has 0 fully saturated rings. The molecule has 0 aliphatic carbocycles. The van der Waals surface area contributed by atoms with Gasteiger partial charge in [0.25, 0.3) is 0 Å². The van der Waals surface area contributed by atoms with Crippen LogP contribution >= 0.6 is 0 Å². The Morgan fingerprint density at radius 3 is 2.43 bits per heavy atom. The van der Waals surface area contributed by atoms with Gasteiger partial charge >= 0.3 is 0 Å². The molecule has 0 spiro atoms. The van der Waals surface area contributed by atoms with E-state index in [9.17, 15) is 8.42 Å². The van der Waals surface area contributed by atoms with E-state index in [4.69, 9.17) is 10.5 Å². The van der Waals surface area contributed by atoms with Crippen LogP contribution in [0.25, 0.3) is 0 Å². The van der Waals surface area contributed by atoms with E-state index in [-0.39, 0.29) is 17.0 Å². The van der Waals surface area contributed by atoms with Gasteiger partial charge < -0.3 is 10.5 Å². The molecule has 14 heavy (non-hydrogen) atoms. The van der Waals surface area contributed by atoms with E-state index in [1.165, 1.54) is 0 Å². The van der Waals surface area contributed by atoms with Crippen molar-refractivity contribution >= 4 is 9.84 Å². The standard InChI is InChI=1S/C9H21NO3S/c1-4-9(10)7-14(11,12)8(2)5-6-13-3/h8-9H,4-7,10H2,1-3H3. The molecule has 4 nitrogen and oxygen atoms in total. The minimum absolute atomic E-state index is 0.0778. The van der Waals surface area contributed by atoms with Gasteiger partial charge in [-0.1, -0.05) is 6.92 Å². The molecular weight excluding hydrogens is 202 g/mol. The monoisotopic (exact) mass is 223 g/mol. The van der Waals surface area contributed by atoms with Crippen molar-refractivity contribution in [2.45, 2.75) is 38.0 Å². The van der Waals surface area contributed by atoms with Crippen molar-refractivity contribution in [1.82, 2.24) is 0 Å². The molecule has 5 heteroatoms. The fourth-order valence-corrected chi connectivity index (χ4v) is 2.66. The van der Waals surface area contributed by atoms with Crippen molar-refractivity contribution in [3.8, 4) is 0 Å². The van der Waals surface area contributed by atoms with Gasteiger partial charge in [0.05, 0.1) is 11.0 Å². The maximum atomic E-state index is 11.7. The Hall–Kier alpha value is -0.130. The third-order valence-electron chi connectivity index (χ3n) is 2.31. The fraction of sp³-hybridized carbons (Fsp3) is 1.00. The van der Waals surface area contributed by atoms with Crippen LogP contribution in [0.5, 0.6) is 0 Å². The summed E-state index contributed by atoms with van der Waals surface area (Å²) in [5, 5.41) is -0.361. The summed E-state index contributed by atoms with van der Waals surface area (Å²) in [6.45, 7) is 4.07. The molecular formula is C9H21NO3S. The second-order valence-corrected chi connectivity index (χ2v) is 6.05. The van der Waals surface area contributed by atoms with Gasteiger partial charge in [-0.3, -0.25) is 0 Å². The van der Waals surface area contributed by atoms with Crippen molar-refractivity contribution in [1.29, 1.82) is 0 Å². The number of nitrogens with two attached hydrogens (primary N) is 1. The lowest BCUT2D eigenvalue weighted by molar-refractivity contribution is 0.194. The summed E-state index contributed by atoms with van der Waals surface area (Å²) in [6.07, 6.45) is 1.23. The van der Waals surface area contributed by atoms with E-state index in [0.717, 1.165) is 0 Å². The van der Waals surface area contributed by atoms with Crippen LogP contribution in [-0.2, 0) is 14.6 Å². The van der Waals surface area contributed by atoms with Crippen LogP contribution in [-0.4, -0.2) is 39.2 Å². The van der Waals surface area contributed by atoms with Gasteiger partial charge in [0.1, 0.15) is 0 Å². The summed E-state index contributed by atoms with van der Waals surface area (Å²) in [4.78, 5) is 0. The van der Waals surface area contributed by atoms with Gasteiger partial charge in [-0.25, -0.2) is 8.42 Å². The Balaban J connectivity index is 4.17. The molecule has 2 atom stereocenters. The highest BCUT2D eigenvalue weighted by Crippen LogP contribution is 2.08. The van der Waals surface area contributed by atoms with Gasteiger partial charge in [0, 0.05) is 19.8 Å². The summed E-state index contributed by atoms with van der Waals surface area (Å²) < 4.78 is 28.2. The molecule has 0 aliphatic rings. The number of hydrogen-bond donors (Lipinski definition) is 1. The quantitative estimate of drug-likeness (QED) is 0.685. The summed E-state index contributed by atoms with van der Waals surface area (Å²) in [7, 11) is -1.48. The summed E-state index contributed by atoms with van der Waals surface area (Å²) in [6, 6.07) is -0.245. The molecule has 0 aromatic carbocycles. The van der Waals surface area contributed by atoms with E-state index >= 15 is 0 Å². The van der Waals surface area contributed by atoms with Crippen molar-refractivity contribution in [2.75, 3.05) is 19.5 Å². The predicted molar refractivity (Wildman–Crippen MR) is 58.0 cm³/mol. The van der Waals surface area contributed by atoms with Crippen LogP contribution in [0.1, 0.15) is 26.7 Å². The fourth-order valence-electron chi connectivity index (χ4n) is 1.04. The topological polar surface area (TPSA) is 69.4 Å². The highest BCUT2D eigenvalue weighted by molar-refractivity contribution is 7.92. The van der Waals surface area contributed by atoms with E-state index in [1.807, 2.05) is 6.92 Å². The van der Waals surface area contributed by atoms with E-state index < -0.39 is 9.84 Å². The van der Waals surface area contributed by atoms with Crippen molar-refractivity contribution < 1.29 is 13.2 Å². The lowest BCUT2D eigenvalue weighted by Crippen LogP contribution is -2.33. The third kappa shape index (κ3) is 4.93. The molecule has 2 N–H and O–H groups in total. The zero-order valence-electron chi connectivity index (χ0n) is 9.19. The van der Waals surface area contributed by atoms with Crippen LogP contribution in [0, 0.1) is 0 Å². The number of hydrogen-bond acceptors (Lipinski definition) is 4. The van der Waals surface area contributed by atoms with E-state index in [1.54, 1.807) is 14.0 Å². The molecule has 0 rings (SSSR count). The Labute approximate surface area is 86.7 Å². The second kappa shape index (κ2) is 6.37. The van der Waals surface area contributed by atoms with E-state index in [2.05, 4.69) is 0 Å². The molecule has 0 aromatic heterocycles. The average Bonchev–Trinajstić information content (AvgIpc) is 2.13.